The van der Waals surface area contributed by atoms with Gasteiger partial charge in [-0.2, -0.15) is 0 Å². The van der Waals surface area contributed by atoms with Gasteiger partial charge in [0.15, 0.2) is 0 Å². The molecule has 1 fully saturated rings. The summed E-state index contributed by atoms with van der Waals surface area (Å²) in [5, 5.41) is 26.2. The molecule has 2 aliphatic heterocycles. The van der Waals surface area contributed by atoms with Crippen molar-refractivity contribution >= 4 is 46.0 Å². The van der Waals surface area contributed by atoms with E-state index in [0.29, 0.717) is 22.4 Å². The molecule has 2 aromatic carbocycles. The summed E-state index contributed by atoms with van der Waals surface area (Å²) in [6.07, 6.45) is 0. The van der Waals surface area contributed by atoms with Crippen molar-refractivity contribution in [2.75, 3.05) is 31.3 Å². The fraction of sp³-hybridized carbons (Fsp3) is 0.286. The van der Waals surface area contributed by atoms with E-state index < -0.39 is 23.3 Å². The van der Waals surface area contributed by atoms with Crippen LogP contribution in [0.5, 0.6) is 5.75 Å². The number of amides is 2. The predicted octanol–water partition coefficient (Wildman–Crippen LogP) is 1.34. The molecule has 9 nitrogen and oxygen atoms in total. The Morgan fingerprint density at radius 1 is 1.29 bits per heavy atom. The number of thioether (sulfide) groups is 1. The number of carboxylic acid groups (broad SMARTS) is 1. The van der Waals surface area contributed by atoms with Gasteiger partial charge in [0.05, 0.1) is 13.2 Å². The minimum Gasteiger partial charge on any atom is -0.507 e. The van der Waals surface area contributed by atoms with Gasteiger partial charge in [-0.15, -0.1) is 11.8 Å². The third-order valence-corrected chi connectivity index (χ3v) is 6.54. The molecule has 4 N–H and O–H groups in total. The number of benzene rings is 2. The standard InChI is InChI=1S/C21H21N3O6S/c1-30-9-12-10-31-20-17(19(27)24(20)18(12)21(28)29)23-16(26)8-22-13-6-5-11-3-2-4-15(25)14(11)7-13/h2-7,17,20,22,25H,8-10H2,1H3,(H,23,26)(H,28,29)/t17?,20-/m0/s1. The van der Waals surface area contributed by atoms with E-state index in [2.05, 4.69) is 10.6 Å². The van der Waals surface area contributed by atoms with Crippen LogP contribution in [0.4, 0.5) is 5.69 Å². The number of carbonyl (C=O) groups is 3. The monoisotopic (exact) mass is 443 g/mol. The quantitative estimate of drug-likeness (QED) is 0.472. The van der Waals surface area contributed by atoms with Crippen LogP contribution in [-0.2, 0) is 19.1 Å². The number of fused-ring (bicyclic) bond motifs is 2. The summed E-state index contributed by atoms with van der Waals surface area (Å²) >= 11 is 1.39. The van der Waals surface area contributed by atoms with Gasteiger partial charge in [0.2, 0.25) is 5.91 Å². The van der Waals surface area contributed by atoms with Gasteiger partial charge in [-0.25, -0.2) is 4.79 Å². The Bertz CT molecular complexity index is 1100. The van der Waals surface area contributed by atoms with Crippen LogP contribution in [0.25, 0.3) is 10.8 Å². The van der Waals surface area contributed by atoms with E-state index in [-0.39, 0.29) is 30.5 Å². The number of β-lactam (4-membered cyclic amide) rings is 1. The molecule has 0 bridgehead atoms. The van der Waals surface area contributed by atoms with Crippen molar-refractivity contribution in [2.45, 2.75) is 11.4 Å². The van der Waals surface area contributed by atoms with Crippen LogP contribution in [0.3, 0.4) is 0 Å². The molecule has 31 heavy (non-hydrogen) atoms. The zero-order valence-electron chi connectivity index (χ0n) is 16.6. The lowest BCUT2D eigenvalue weighted by Crippen LogP contribution is -2.71. The maximum Gasteiger partial charge on any atom is 0.352 e. The van der Waals surface area contributed by atoms with Gasteiger partial charge in [-0.3, -0.25) is 14.5 Å². The van der Waals surface area contributed by atoms with Gasteiger partial charge in [0.1, 0.15) is 22.9 Å². The Balaban J connectivity index is 1.39. The fourth-order valence-corrected chi connectivity index (χ4v) is 5.07. The van der Waals surface area contributed by atoms with Crippen molar-refractivity contribution in [3.05, 3.63) is 47.7 Å². The molecule has 1 unspecified atom stereocenters. The van der Waals surface area contributed by atoms with Gasteiger partial charge in [0, 0.05) is 23.9 Å². The Morgan fingerprint density at radius 3 is 2.84 bits per heavy atom. The summed E-state index contributed by atoms with van der Waals surface area (Å²) in [6.45, 7) is 0.0597. The number of rotatable bonds is 7. The van der Waals surface area contributed by atoms with Crippen molar-refractivity contribution in [1.29, 1.82) is 0 Å². The van der Waals surface area contributed by atoms with E-state index in [1.54, 1.807) is 24.3 Å². The number of hydrogen-bond acceptors (Lipinski definition) is 7. The number of anilines is 1. The number of nitrogens with zero attached hydrogens (tertiary/aromatic N) is 1. The first-order valence-corrected chi connectivity index (χ1v) is 10.6. The summed E-state index contributed by atoms with van der Waals surface area (Å²) < 4.78 is 5.04. The highest BCUT2D eigenvalue weighted by Gasteiger charge is 2.54. The maximum absolute atomic E-state index is 12.6. The van der Waals surface area contributed by atoms with Crippen molar-refractivity contribution < 1.29 is 29.3 Å². The molecule has 2 aromatic rings. The van der Waals surface area contributed by atoms with Crippen molar-refractivity contribution in [3.63, 3.8) is 0 Å². The van der Waals surface area contributed by atoms with E-state index in [4.69, 9.17) is 4.74 Å². The first kappa shape index (κ1) is 21.0. The van der Waals surface area contributed by atoms with Crippen LogP contribution in [0.1, 0.15) is 0 Å². The highest BCUT2D eigenvalue weighted by Crippen LogP contribution is 2.40. The van der Waals surface area contributed by atoms with Crippen LogP contribution < -0.4 is 10.6 Å². The van der Waals surface area contributed by atoms with E-state index in [9.17, 15) is 24.6 Å². The van der Waals surface area contributed by atoms with Crippen LogP contribution in [0, 0.1) is 0 Å². The summed E-state index contributed by atoms with van der Waals surface area (Å²) in [7, 11) is 1.47. The molecule has 2 amide bonds. The maximum atomic E-state index is 12.6. The van der Waals surface area contributed by atoms with Crippen LogP contribution >= 0.6 is 11.8 Å². The molecule has 0 aliphatic carbocycles. The first-order valence-electron chi connectivity index (χ1n) is 9.54. The molecule has 4 rings (SSSR count). The molecule has 0 radical (unpaired) electrons. The first-order chi connectivity index (χ1) is 14.9. The molecule has 2 atom stereocenters. The van der Waals surface area contributed by atoms with Gasteiger partial charge in [0.25, 0.3) is 5.91 Å². The molecule has 2 aliphatic rings. The number of ether oxygens (including phenoxy) is 1. The smallest absolute Gasteiger partial charge is 0.352 e. The number of methoxy groups -OCH3 is 1. The van der Waals surface area contributed by atoms with E-state index in [1.165, 1.54) is 23.8 Å². The average Bonchev–Trinajstić information content (AvgIpc) is 2.76. The summed E-state index contributed by atoms with van der Waals surface area (Å²) in [4.78, 5) is 37.8. The third kappa shape index (κ3) is 3.91. The lowest BCUT2D eigenvalue weighted by Gasteiger charge is -2.49. The van der Waals surface area contributed by atoms with Gasteiger partial charge >= 0.3 is 5.97 Å². The minimum atomic E-state index is -1.18. The largest absolute Gasteiger partial charge is 0.507 e. The number of carboxylic acids is 1. The molecule has 0 saturated carbocycles. The van der Waals surface area contributed by atoms with Crippen molar-refractivity contribution in [3.8, 4) is 5.75 Å². The number of nitrogens with one attached hydrogen (secondary N) is 2. The molecule has 162 valence electrons. The highest BCUT2D eigenvalue weighted by molar-refractivity contribution is 8.00. The van der Waals surface area contributed by atoms with E-state index in [1.807, 2.05) is 12.1 Å². The Morgan fingerprint density at radius 2 is 2.10 bits per heavy atom. The average molecular weight is 443 g/mol. The second kappa shape index (κ2) is 8.48. The summed E-state index contributed by atoms with van der Waals surface area (Å²) in [6, 6.07) is 9.81. The lowest BCUT2D eigenvalue weighted by atomic mass is 10.0. The molecule has 1 saturated heterocycles. The van der Waals surface area contributed by atoms with Gasteiger partial charge in [-0.05, 0) is 29.2 Å². The zero-order valence-corrected chi connectivity index (χ0v) is 17.4. The van der Waals surface area contributed by atoms with E-state index in [0.717, 1.165) is 5.39 Å². The number of carbonyl (C=O) groups excluding carboxylic acids is 2. The third-order valence-electron chi connectivity index (χ3n) is 5.20. The normalized spacial score (nSPS) is 20.3. The van der Waals surface area contributed by atoms with Gasteiger partial charge < -0.3 is 25.6 Å². The second-order valence-corrected chi connectivity index (χ2v) is 8.32. The number of aromatic hydroxyl groups is 1. The highest BCUT2D eigenvalue weighted by atomic mass is 32.2. The molecular weight excluding hydrogens is 422 g/mol. The lowest BCUT2D eigenvalue weighted by molar-refractivity contribution is -0.150. The molecule has 0 aromatic heterocycles. The number of phenols is 1. The number of aliphatic carboxylic acids is 1. The number of phenolic OH excluding ortho intramolecular Hbond substituents is 1. The SMILES string of the molecule is COCC1=C(C(=O)O)N2C(=O)C(NC(=O)CNc3ccc4cccc(O)c4c3)[C@@H]2SC1. The van der Waals surface area contributed by atoms with Crippen molar-refractivity contribution in [2.24, 2.45) is 0 Å². The van der Waals surface area contributed by atoms with Crippen LogP contribution in [0.2, 0.25) is 0 Å². The fourth-order valence-electron chi connectivity index (χ4n) is 3.74. The van der Waals surface area contributed by atoms with Crippen LogP contribution in [0.15, 0.2) is 47.7 Å². The second-order valence-electron chi connectivity index (χ2n) is 7.21. The Labute approximate surface area is 182 Å². The van der Waals surface area contributed by atoms with Crippen molar-refractivity contribution in [1.82, 2.24) is 10.2 Å². The van der Waals surface area contributed by atoms with E-state index >= 15 is 0 Å². The Hall–Kier alpha value is -3.24. The molecule has 2 heterocycles. The molecule has 10 heteroatoms. The topological polar surface area (TPSA) is 128 Å². The minimum absolute atomic E-state index is 0.0600. The molecule has 0 spiro atoms. The van der Waals surface area contributed by atoms with Gasteiger partial charge in [-0.1, -0.05) is 18.2 Å². The zero-order chi connectivity index (χ0) is 22.1. The summed E-state index contributed by atoms with van der Waals surface area (Å²) in [5.74, 6) is -1.46. The van der Waals surface area contributed by atoms with Crippen LogP contribution in [-0.4, -0.2) is 70.3 Å². The summed E-state index contributed by atoms with van der Waals surface area (Å²) in [5.41, 5.74) is 1.13. The number of hydrogen-bond donors (Lipinski definition) is 4. The molecular formula is C21H21N3O6S. The Kier molecular flexibility index (Phi) is 5.75. The predicted molar refractivity (Wildman–Crippen MR) is 116 cm³/mol.